The molecule has 0 aromatic rings. The Morgan fingerprint density at radius 1 is 1.20 bits per heavy atom. The van der Waals surface area contributed by atoms with Gasteiger partial charge in [-0.1, -0.05) is 0 Å². The molecule has 1 atom stereocenters. The van der Waals surface area contributed by atoms with E-state index in [9.17, 15) is 9.59 Å². The number of hydrogen-bond donors (Lipinski definition) is 0. The van der Waals surface area contributed by atoms with Crippen LogP contribution in [-0.2, 0) is 19.1 Å². The van der Waals surface area contributed by atoms with Crippen molar-refractivity contribution >= 4 is 33.5 Å². The van der Waals surface area contributed by atoms with Crippen LogP contribution in [0.1, 0.15) is 34.6 Å². The summed E-state index contributed by atoms with van der Waals surface area (Å²) in [6.07, 6.45) is 0. The van der Waals surface area contributed by atoms with Crippen LogP contribution in [0.25, 0.3) is 0 Å². The predicted molar refractivity (Wildman–Crippen MR) is 62.3 cm³/mol. The average molecular weight is 252 g/mol. The van der Waals surface area contributed by atoms with Gasteiger partial charge in [-0.15, -0.1) is 0 Å². The maximum Gasteiger partial charge on any atom is 0.304 e. The Bertz CT molecular complexity index is 240. The van der Waals surface area contributed by atoms with Gasteiger partial charge in [-0.05, 0) is 42.4 Å². The first kappa shape index (κ1) is 14.6. The molecule has 0 radical (unpaired) electrons. The highest BCUT2D eigenvalue weighted by atomic mass is 33.1. The van der Waals surface area contributed by atoms with E-state index in [0.717, 1.165) is 0 Å². The first-order chi connectivity index (χ1) is 6.73. The lowest BCUT2D eigenvalue weighted by atomic mass is 10.5. The Kier molecular flexibility index (Phi) is 6.12. The summed E-state index contributed by atoms with van der Waals surface area (Å²) < 4.78 is 9.97. The Balaban J connectivity index is 3.92. The van der Waals surface area contributed by atoms with E-state index in [1.807, 2.05) is 0 Å². The molecule has 88 valence electrons. The molecular weight excluding hydrogens is 236 g/mol. The number of rotatable bonds is 5. The lowest BCUT2D eigenvalue weighted by molar-refractivity contribution is -0.146. The van der Waals surface area contributed by atoms with Gasteiger partial charge in [0.1, 0.15) is 0 Å². The minimum atomic E-state index is -0.620. The quantitative estimate of drug-likeness (QED) is 0.426. The summed E-state index contributed by atoms with van der Waals surface area (Å²) in [6, 6.07) is 0. The van der Waals surface area contributed by atoms with Crippen molar-refractivity contribution in [2.24, 2.45) is 0 Å². The zero-order valence-electron chi connectivity index (χ0n) is 9.53. The molecule has 0 saturated carbocycles. The van der Waals surface area contributed by atoms with Crippen molar-refractivity contribution in [3.05, 3.63) is 0 Å². The second-order valence-electron chi connectivity index (χ2n) is 3.35. The van der Waals surface area contributed by atoms with E-state index < -0.39 is 4.93 Å². The van der Waals surface area contributed by atoms with Gasteiger partial charge >= 0.3 is 11.9 Å². The third kappa shape index (κ3) is 8.62. The van der Waals surface area contributed by atoms with Crippen LogP contribution in [0.15, 0.2) is 0 Å². The molecule has 0 fully saturated rings. The van der Waals surface area contributed by atoms with Crippen LogP contribution in [0.2, 0.25) is 0 Å². The van der Waals surface area contributed by atoms with Crippen molar-refractivity contribution in [3.8, 4) is 0 Å². The Labute approximate surface area is 97.9 Å². The Hall–Kier alpha value is -0.360. The molecule has 0 aliphatic carbocycles. The van der Waals surface area contributed by atoms with Gasteiger partial charge in [-0.2, -0.15) is 0 Å². The number of ether oxygens (including phenoxy) is 2. The molecule has 0 aromatic carbocycles. The van der Waals surface area contributed by atoms with Crippen molar-refractivity contribution in [2.75, 3.05) is 0 Å². The summed E-state index contributed by atoms with van der Waals surface area (Å²) in [4.78, 5) is 20.8. The fraction of sp³-hybridized carbons (Fsp3) is 0.778. The van der Waals surface area contributed by atoms with E-state index in [1.165, 1.54) is 35.4 Å². The number of esters is 2. The van der Waals surface area contributed by atoms with E-state index in [0.29, 0.717) is 0 Å². The fourth-order valence-electron chi connectivity index (χ4n) is 0.800. The highest BCUT2D eigenvalue weighted by molar-refractivity contribution is 8.77. The van der Waals surface area contributed by atoms with Crippen LogP contribution in [0.3, 0.4) is 0 Å². The van der Waals surface area contributed by atoms with Crippen molar-refractivity contribution in [2.45, 2.75) is 45.0 Å². The third-order valence-corrected chi connectivity index (χ3v) is 4.36. The summed E-state index contributed by atoms with van der Waals surface area (Å²) in [5.74, 6) is -0.644. The minimum Gasteiger partial charge on any atom is -0.451 e. The molecule has 0 spiro atoms. The first-order valence-corrected chi connectivity index (χ1v) is 6.65. The smallest absolute Gasteiger partial charge is 0.304 e. The van der Waals surface area contributed by atoms with Gasteiger partial charge in [-0.3, -0.25) is 9.59 Å². The van der Waals surface area contributed by atoms with Gasteiger partial charge < -0.3 is 9.47 Å². The van der Waals surface area contributed by atoms with Crippen LogP contribution >= 0.6 is 21.6 Å². The van der Waals surface area contributed by atoms with Gasteiger partial charge in [0, 0.05) is 13.8 Å². The average Bonchev–Trinajstić information content (AvgIpc) is 1.97. The van der Waals surface area contributed by atoms with E-state index in [1.54, 1.807) is 20.8 Å². The summed E-state index contributed by atoms with van der Waals surface area (Å²) >= 11 is 0. The van der Waals surface area contributed by atoms with Gasteiger partial charge in [0.15, 0.2) is 10.4 Å². The largest absolute Gasteiger partial charge is 0.451 e. The van der Waals surface area contributed by atoms with Crippen LogP contribution in [0.4, 0.5) is 0 Å². The maximum absolute atomic E-state index is 10.8. The fourth-order valence-corrected chi connectivity index (χ4v) is 2.82. The number of hydrogen-bond acceptors (Lipinski definition) is 6. The molecule has 0 bridgehead atoms. The van der Waals surface area contributed by atoms with E-state index in [4.69, 9.17) is 9.47 Å². The molecule has 0 amide bonds. The maximum atomic E-state index is 10.8. The number of carbonyl (C=O) groups is 2. The summed E-state index contributed by atoms with van der Waals surface area (Å²) in [6.45, 7) is 8.06. The van der Waals surface area contributed by atoms with Gasteiger partial charge in [0.05, 0.1) is 0 Å². The van der Waals surface area contributed by atoms with Crippen LogP contribution in [0, 0.1) is 0 Å². The van der Waals surface area contributed by atoms with Crippen LogP contribution in [-0.4, -0.2) is 22.3 Å². The van der Waals surface area contributed by atoms with Crippen LogP contribution < -0.4 is 0 Å². The lowest BCUT2D eigenvalue weighted by Crippen LogP contribution is -2.22. The second-order valence-corrected chi connectivity index (χ2v) is 6.43. The molecule has 4 nitrogen and oxygen atoms in total. The van der Waals surface area contributed by atoms with Crippen LogP contribution in [0.5, 0.6) is 0 Å². The summed E-state index contributed by atoms with van der Waals surface area (Å²) in [7, 11) is 2.70. The highest BCUT2D eigenvalue weighted by Gasteiger charge is 2.24. The first-order valence-electron chi connectivity index (χ1n) is 4.44. The molecule has 6 heteroatoms. The Morgan fingerprint density at radius 2 is 1.73 bits per heavy atom. The number of carbonyl (C=O) groups excluding carboxylic acids is 2. The molecule has 0 N–H and O–H groups in total. The highest BCUT2D eigenvalue weighted by Crippen LogP contribution is 2.39. The molecule has 15 heavy (non-hydrogen) atoms. The minimum absolute atomic E-state index is 0.262. The third-order valence-electron chi connectivity index (χ3n) is 1.11. The zero-order valence-corrected chi connectivity index (χ0v) is 11.2. The van der Waals surface area contributed by atoms with Crippen molar-refractivity contribution in [1.29, 1.82) is 0 Å². The normalized spacial score (nSPS) is 13.1. The van der Waals surface area contributed by atoms with E-state index in [2.05, 4.69) is 0 Å². The standard InChI is InChI=1S/C9H16O4S2/c1-6(10)12-8(3)14-15-9(4,5)13-7(2)11/h8H,1-5H3. The molecule has 0 rings (SSSR count). The van der Waals surface area contributed by atoms with E-state index in [-0.39, 0.29) is 17.4 Å². The molecule has 0 heterocycles. The molecule has 0 saturated heterocycles. The Morgan fingerprint density at radius 3 is 2.13 bits per heavy atom. The molecule has 0 aromatic heterocycles. The molecular formula is C9H16O4S2. The second kappa shape index (κ2) is 6.27. The lowest BCUT2D eigenvalue weighted by Gasteiger charge is -2.24. The van der Waals surface area contributed by atoms with Crippen molar-refractivity contribution < 1.29 is 19.1 Å². The molecule has 0 aliphatic heterocycles. The molecule has 0 aliphatic rings. The van der Waals surface area contributed by atoms with Crippen molar-refractivity contribution in [1.82, 2.24) is 0 Å². The van der Waals surface area contributed by atoms with E-state index >= 15 is 0 Å². The molecule has 1 unspecified atom stereocenters. The topological polar surface area (TPSA) is 52.6 Å². The summed E-state index contributed by atoms with van der Waals surface area (Å²) in [5, 5.41) is 0. The SMILES string of the molecule is CC(=O)OC(C)SSC(C)(C)OC(C)=O. The summed E-state index contributed by atoms with van der Waals surface area (Å²) in [5.41, 5.74) is -0.262. The zero-order chi connectivity index (χ0) is 12.1. The van der Waals surface area contributed by atoms with Crippen molar-refractivity contribution in [3.63, 3.8) is 0 Å². The predicted octanol–water partition coefficient (Wildman–Crippen LogP) is 2.58. The van der Waals surface area contributed by atoms with Gasteiger partial charge in [0.25, 0.3) is 0 Å². The van der Waals surface area contributed by atoms with Gasteiger partial charge in [0.2, 0.25) is 0 Å². The van der Waals surface area contributed by atoms with Gasteiger partial charge in [-0.25, -0.2) is 0 Å². The monoisotopic (exact) mass is 252 g/mol.